The Morgan fingerprint density at radius 1 is 0.705 bits per heavy atom. The van der Waals surface area contributed by atoms with Gasteiger partial charge in [0.1, 0.15) is 5.60 Å². The molecular weight excluding hydrogens is 540 g/mol. The average Bonchev–Trinajstić information content (AvgIpc) is 3.40. The van der Waals surface area contributed by atoms with E-state index in [9.17, 15) is 4.79 Å². The molecule has 5 aromatic rings. The number of benzene rings is 5. The van der Waals surface area contributed by atoms with E-state index in [0.717, 1.165) is 23.1 Å². The molecule has 1 amide bonds. The molecule has 0 fully saturated rings. The van der Waals surface area contributed by atoms with Crippen molar-refractivity contribution in [2.45, 2.75) is 36.8 Å². The van der Waals surface area contributed by atoms with Crippen LogP contribution in [0.15, 0.2) is 152 Å². The van der Waals surface area contributed by atoms with Crippen LogP contribution in [0.4, 0.5) is 0 Å². The summed E-state index contributed by atoms with van der Waals surface area (Å²) in [6.45, 7) is 4.35. The monoisotopic (exact) mass is 578 g/mol. The number of nitrogens with one attached hydrogen (secondary N) is 1. The van der Waals surface area contributed by atoms with Crippen molar-refractivity contribution >= 4 is 5.91 Å². The number of amides is 1. The zero-order valence-electron chi connectivity index (χ0n) is 24.9. The summed E-state index contributed by atoms with van der Waals surface area (Å²) in [5.74, 6) is 0.156. The molecule has 1 unspecified atom stereocenters. The lowest BCUT2D eigenvalue weighted by Gasteiger charge is -2.36. The van der Waals surface area contributed by atoms with E-state index in [1.54, 1.807) is 0 Å². The van der Waals surface area contributed by atoms with E-state index >= 15 is 0 Å². The number of carbonyl (C=O) groups is 1. The van der Waals surface area contributed by atoms with Gasteiger partial charge in [0.2, 0.25) is 5.91 Å². The van der Waals surface area contributed by atoms with Crippen molar-refractivity contribution in [2.24, 2.45) is 5.73 Å². The molecule has 0 saturated heterocycles. The van der Waals surface area contributed by atoms with Gasteiger partial charge in [-0.1, -0.05) is 146 Å². The van der Waals surface area contributed by atoms with E-state index in [1.807, 2.05) is 54.6 Å². The minimum absolute atomic E-state index is 0.0381. The minimum Gasteiger partial charge on any atom is -0.401 e. The zero-order chi connectivity index (χ0) is 30.4. The molecule has 0 aliphatic heterocycles. The molecule has 6 rings (SSSR count). The van der Waals surface area contributed by atoms with Crippen molar-refractivity contribution in [1.82, 2.24) is 5.32 Å². The molecular formula is C40H38N2O2. The van der Waals surface area contributed by atoms with Gasteiger partial charge in [-0.05, 0) is 51.8 Å². The quantitative estimate of drug-likeness (QED) is 0.148. The lowest BCUT2D eigenvalue weighted by atomic mass is 9.80. The van der Waals surface area contributed by atoms with E-state index in [2.05, 4.69) is 96.8 Å². The zero-order valence-corrected chi connectivity index (χ0v) is 24.9. The Hall–Kier alpha value is -4.93. The molecule has 5 aromatic carbocycles. The molecule has 0 heterocycles. The largest absolute Gasteiger partial charge is 0.401 e. The van der Waals surface area contributed by atoms with Crippen molar-refractivity contribution in [2.75, 3.05) is 6.61 Å². The molecule has 0 spiro atoms. The SMILES string of the molecule is C=C(N)C(CCOC(c1ccccc1)(c1ccccc1)c1ccccc1)NC(=O)CCC1c2ccccc2-c2ccccc21. The molecule has 44 heavy (non-hydrogen) atoms. The van der Waals surface area contributed by atoms with Gasteiger partial charge in [0.25, 0.3) is 0 Å². The van der Waals surface area contributed by atoms with Gasteiger partial charge in [-0.25, -0.2) is 0 Å². The number of ether oxygens (including phenoxy) is 1. The lowest BCUT2D eigenvalue weighted by molar-refractivity contribution is -0.121. The van der Waals surface area contributed by atoms with E-state index in [1.165, 1.54) is 22.3 Å². The summed E-state index contributed by atoms with van der Waals surface area (Å²) in [6.07, 6.45) is 1.60. The Balaban J connectivity index is 1.17. The first-order valence-corrected chi connectivity index (χ1v) is 15.3. The first-order valence-electron chi connectivity index (χ1n) is 15.3. The third kappa shape index (κ3) is 5.82. The Bertz CT molecular complexity index is 1570. The van der Waals surface area contributed by atoms with Crippen LogP contribution in [-0.2, 0) is 15.1 Å². The van der Waals surface area contributed by atoms with Crippen LogP contribution in [0.5, 0.6) is 0 Å². The van der Waals surface area contributed by atoms with Crippen LogP contribution < -0.4 is 11.1 Å². The summed E-state index contributed by atoms with van der Waals surface area (Å²) >= 11 is 0. The maximum Gasteiger partial charge on any atom is 0.220 e. The van der Waals surface area contributed by atoms with Gasteiger partial charge in [-0.15, -0.1) is 0 Å². The van der Waals surface area contributed by atoms with Crippen molar-refractivity contribution in [3.8, 4) is 11.1 Å². The summed E-state index contributed by atoms with van der Waals surface area (Å²) < 4.78 is 6.92. The number of nitrogens with two attached hydrogens (primary N) is 1. The number of fused-ring (bicyclic) bond motifs is 3. The summed E-state index contributed by atoms with van der Waals surface area (Å²) in [5, 5.41) is 3.15. The lowest BCUT2D eigenvalue weighted by Crippen LogP contribution is -2.40. The summed E-state index contributed by atoms with van der Waals surface area (Å²) in [7, 11) is 0. The number of hydrogen-bond acceptors (Lipinski definition) is 3. The molecule has 0 aromatic heterocycles. The van der Waals surface area contributed by atoms with Crippen molar-refractivity contribution in [1.29, 1.82) is 0 Å². The number of hydrogen-bond donors (Lipinski definition) is 2. The van der Waals surface area contributed by atoms with E-state index in [4.69, 9.17) is 10.5 Å². The predicted molar refractivity (Wildman–Crippen MR) is 178 cm³/mol. The normalized spacial score (nSPS) is 13.1. The Kier molecular flexibility index (Phi) is 8.71. The first kappa shape index (κ1) is 29.2. The second-order valence-electron chi connectivity index (χ2n) is 11.4. The maximum absolute atomic E-state index is 13.3. The third-order valence-electron chi connectivity index (χ3n) is 8.67. The Morgan fingerprint density at radius 3 is 1.59 bits per heavy atom. The van der Waals surface area contributed by atoms with Gasteiger partial charge in [0.05, 0.1) is 12.6 Å². The average molecular weight is 579 g/mol. The molecule has 0 bridgehead atoms. The summed E-state index contributed by atoms with van der Waals surface area (Å²) in [6, 6.07) is 47.4. The second-order valence-corrected chi connectivity index (χ2v) is 11.4. The van der Waals surface area contributed by atoms with Crippen molar-refractivity contribution in [3.05, 3.63) is 180 Å². The van der Waals surface area contributed by atoms with Crippen LogP contribution in [0.2, 0.25) is 0 Å². The van der Waals surface area contributed by atoms with Gasteiger partial charge >= 0.3 is 0 Å². The third-order valence-corrected chi connectivity index (χ3v) is 8.67. The molecule has 0 saturated carbocycles. The Morgan fingerprint density at radius 2 is 1.14 bits per heavy atom. The highest BCUT2D eigenvalue weighted by atomic mass is 16.5. The summed E-state index contributed by atoms with van der Waals surface area (Å²) in [4.78, 5) is 13.3. The van der Waals surface area contributed by atoms with Gasteiger partial charge in [-0.2, -0.15) is 0 Å². The van der Waals surface area contributed by atoms with Crippen molar-refractivity contribution < 1.29 is 9.53 Å². The van der Waals surface area contributed by atoms with Gasteiger partial charge < -0.3 is 15.8 Å². The molecule has 4 nitrogen and oxygen atoms in total. The smallest absolute Gasteiger partial charge is 0.220 e. The Labute approximate surface area is 260 Å². The standard InChI is InChI=1S/C40H38N2O2/c1-29(41)38(42-39(43)26-25-37-35-23-13-11-21-33(35)34-22-12-14-24-36(34)37)27-28-44-40(30-15-5-2-6-16-30,31-17-7-3-8-18-31)32-19-9-4-10-20-32/h2-24,37-38H,1,25-28,41H2,(H,42,43). The minimum atomic E-state index is -0.836. The fourth-order valence-electron chi connectivity index (χ4n) is 6.56. The highest BCUT2D eigenvalue weighted by Gasteiger charge is 2.37. The predicted octanol–water partition coefficient (Wildman–Crippen LogP) is 7.94. The molecule has 4 heteroatoms. The van der Waals surface area contributed by atoms with Crippen molar-refractivity contribution in [3.63, 3.8) is 0 Å². The molecule has 0 radical (unpaired) electrons. The van der Waals surface area contributed by atoms with Gasteiger partial charge in [0.15, 0.2) is 0 Å². The summed E-state index contributed by atoms with van der Waals surface area (Å²) in [5.41, 5.74) is 14.0. The van der Waals surface area contributed by atoms with Crippen LogP contribution in [0.3, 0.4) is 0 Å². The fourth-order valence-corrected chi connectivity index (χ4v) is 6.56. The molecule has 1 aliphatic carbocycles. The van der Waals surface area contributed by atoms with E-state index < -0.39 is 11.6 Å². The number of rotatable bonds is 12. The van der Waals surface area contributed by atoms with Gasteiger partial charge in [0, 0.05) is 18.0 Å². The van der Waals surface area contributed by atoms with Crippen LogP contribution in [0.25, 0.3) is 11.1 Å². The van der Waals surface area contributed by atoms with Crippen LogP contribution in [-0.4, -0.2) is 18.6 Å². The number of carbonyl (C=O) groups excluding carboxylic acids is 1. The first-order chi connectivity index (χ1) is 21.6. The second kappa shape index (κ2) is 13.2. The highest BCUT2D eigenvalue weighted by Crippen LogP contribution is 2.46. The fraction of sp³-hybridized carbons (Fsp3) is 0.175. The highest BCUT2D eigenvalue weighted by molar-refractivity contribution is 5.80. The van der Waals surface area contributed by atoms with Crippen LogP contribution in [0, 0.1) is 0 Å². The maximum atomic E-state index is 13.3. The molecule has 220 valence electrons. The van der Waals surface area contributed by atoms with E-state index in [0.29, 0.717) is 25.1 Å². The van der Waals surface area contributed by atoms with E-state index in [-0.39, 0.29) is 11.8 Å². The molecule has 1 atom stereocenters. The van der Waals surface area contributed by atoms with Crippen LogP contribution >= 0.6 is 0 Å². The molecule has 1 aliphatic rings. The molecule has 3 N–H and O–H groups in total. The van der Waals surface area contributed by atoms with Crippen LogP contribution in [0.1, 0.15) is 53.0 Å². The van der Waals surface area contributed by atoms with Gasteiger partial charge in [-0.3, -0.25) is 4.79 Å². The topological polar surface area (TPSA) is 64.3 Å².